The van der Waals surface area contributed by atoms with Gasteiger partial charge in [0.2, 0.25) is 0 Å². The van der Waals surface area contributed by atoms with Gasteiger partial charge in [-0.15, -0.1) is 0 Å². The third kappa shape index (κ3) is 5.04. The maximum atomic E-state index is 10.9. The van der Waals surface area contributed by atoms with Crippen LogP contribution in [0.2, 0.25) is 0 Å². The van der Waals surface area contributed by atoms with Crippen LogP contribution in [0, 0.1) is 0 Å². The lowest BCUT2D eigenvalue weighted by molar-refractivity contribution is 0.339. The molecule has 0 spiro atoms. The van der Waals surface area contributed by atoms with Crippen molar-refractivity contribution in [2.45, 2.75) is 34.6 Å². The van der Waals surface area contributed by atoms with Crippen LogP contribution >= 0.6 is 0 Å². The molecule has 0 bridgehead atoms. The zero-order valence-electron chi connectivity index (χ0n) is 12.3. The second kappa shape index (κ2) is 10.00. The van der Waals surface area contributed by atoms with E-state index in [4.69, 9.17) is 9.26 Å². The molecular weight excluding hydrogens is 242 g/mol. The summed E-state index contributed by atoms with van der Waals surface area (Å²) in [6.45, 7) is 10.5. The Labute approximate surface area is 114 Å². The number of hydrogen-bond donors (Lipinski definition) is 1. The van der Waals surface area contributed by atoms with E-state index in [2.05, 4.69) is 5.16 Å². The highest BCUT2D eigenvalue weighted by molar-refractivity contribution is 5.65. The van der Waals surface area contributed by atoms with Gasteiger partial charge in [0.05, 0.1) is 18.2 Å². The predicted octanol–water partition coefficient (Wildman–Crippen LogP) is 4.09. The fourth-order valence-electron chi connectivity index (χ4n) is 1.37. The molecule has 4 nitrogen and oxygen atoms in total. The van der Waals surface area contributed by atoms with E-state index in [9.17, 15) is 4.79 Å². The third-order valence-corrected chi connectivity index (χ3v) is 1.98. The molecule has 1 aromatic carbocycles. The normalized spacial score (nSPS) is 8.68. The lowest BCUT2D eigenvalue weighted by Gasteiger charge is -2.06. The molecule has 0 saturated heterocycles. The van der Waals surface area contributed by atoms with Gasteiger partial charge in [0, 0.05) is 0 Å². The summed E-state index contributed by atoms with van der Waals surface area (Å²) in [4.78, 5) is 10.9. The largest absolute Gasteiger partial charge is 0.493 e. The summed E-state index contributed by atoms with van der Waals surface area (Å²) in [5.74, 6) is 1.20. The summed E-state index contributed by atoms with van der Waals surface area (Å²) in [7, 11) is 0. The molecule has 0 amide bonds. The summed E-state index contributed by atoms with van der Waals surface area (Å²) in [5, 5.41) is 2.25. The van der Waals surface area contributed by atoms with Crippen molar-refractivity contribution in [3.8, 4) is 17.1 Å². The van der Waals surface area contributed by atoms with Gasteiger partial charge >= 0.3 is 0 Å². The minimum absolute atomic E-state index is 0.253. The van der Waals surface area contributed by atoms with E-state index in [1.807, 2.05) is 58.9 Å². The zero-order valence-corrected chi connectivity index (χ0v) is 12.3. The summed E-state index contributed by atoms with van der Waals surface area (Å²) in [6.07, 6.45) is 0. The van der Waals surface area contributed by atoms with E-state index in [0.29, 0.717) is 18.1 Å². The average Bonchev–Trinajstić information content (AvgIpc) is 2.91. The number of H-pyrrole nitrogens is 1. The number of ether oxygens (including phenoxy) is 1. The highest BCUT2D eigenvalue weighted by atomic mass is 16.5. The molecule has 2 rings (SSSR count). The molecule has 0 atom stereocenters. The van der Waals surface area contributed by atoms with Crippen LogP contribution in [0.25, 0.3) is 11.3 Å². The molecule has 1 heterocycles. The van der Waals surface area contributed by atoms with E-state index in [1.54, 1.807) is 0 Å². The zero-order chi connectivity index (χ0) is 14.7. The molecule has 0 aliphatic carbocycles. The summed E-state index contributed by atoms with van der Waals surface area (Å²) in [5.41, 5.74) is 0.522. The molecular formula is C15H23NO3. The molecule has 1 N–H and O–H groups in total. The Morgan fingerprint density at radius 2 is 1.79 bits per heavy atom. The minimum Gasteiger partial charge on any atom is -0.493 e. The van der Waals surface area contributed by atoms with Gasteiger partial charge in [-0.25, -0.2) is 0 Å². The van der Waals surface area contributed by atoms with Gasteiger partial charge in [-0.05, 0) is 19.1 Å². The highest BCUT2D eigenvalue weighted by Gasteiger charge is 2.09. The van der Waals surface area contributed by atoms with Gasteiger partial charge in [0.1, 0.15) is 5.75 Å². The highest BCUT2D eigenvalue weighted by Crippen LogP contribution is 2.28. The Bertz CT molecular complexity index is 500. The lowest BCUT2D eigenvalue weighted by Crippen LogP contribution is -1.94. The van der Waals surface area contributed by atoms with Gasteiger partial charge in [-0.2, -0.15) is 5.16 Å². The average molecular weight is 265 g/mol. The van der Waals surface area contributed by atoms with Crippen LogP contribution in [0.15, 0.2) is 39.6 Å². The van der Waals surface area contributed by atoms with Crippen LogP contribution in [0.3, 0.4) is 0 Å². The fraction of sp³-hybridized carbons (Fsp3) is 0.400. The van der Waals surface area contributed by atoms with Crippen molar-refractivity contribution in [2.24, 2.45) is 0 Å². The molecule has 19 heavy (non-hydrogen) atoms. The van der Waals surface area contributed by atoms with E-state index in [1.165, 1.54) is 6.07 Å². The predicted molar refractivity (Wildman–Crippen MR) is 78.6 cm³/mol. The van der Waals surface area contributed by atoms with E-state index in [0.717, 1.165) is 5.56 Å². The van der Waals surface area contributed by atoms with Crippen molar-refractivity contribution in [1.82, 2.24) is 5.16 Å². The first-order valence-corrected chi connectivity index (χ1v) is 6.72. The maximum absolute atomic E-state index is 10.9. The standard InChI is InChI=1S/C11H11NO3.2C2H6/c1-2-14-9-6-4-3-5-8(9)10-7-11(13)12-15-10;2*1-2/h3-7H,2H2,1H3,(H,12,13);2*1-2H3. The van der Waals surface area contributed by atoms with E-state index < -0.39 is 0 Å². The molecule has 2 aromatic rings. The van der Waals surface area contributed by atoms with Gasteiger partial charge in [-0.3, -0.25) is 4.79 Å². The number of rotatable bonds is 3. The van der Waals surface area contributed by atoms with E-state index >= 15 is 0 Å². The van der Waals surface area contributed by atoms with Crippen molar-refractivity contribution in [2.75, 3.05) is 6.61 Å². The number of para-hydroxylation sites is 1. The number of aromatic nitrogens is 1. The van der Waals surface area contributed by atoms with Crippen LogP contribution in [-0.4, -0.2) is 11.8 Å². The van der Waals surface area contributed by atoms with Crippen molar-refractivity contribution in [3.63, 3.8) is 0 Å². The quantitative estimate of drug-likeness (QED) is 0.909. The first-order chi connectivity index (χ1) is 9.31. The Balaban J connectivity index is 0.000000741. The number of aromatic amines is 1. The Morgan fingerprint density at radius 1 is 1.16 bits per heavy atom. The van der Waals surface area contributed by atoms with Crippen LogP contribution < -0.4 is 10.3 Å². The first-order valence-electron chi connectivity index (χ1n) is 6.72. The minimum atomic E-state index is -0.253. The molecule has 0 saturated carbocycles. The molecule has 1 aromatic heterocycles. The molecule has 4 heteroatoms. The van der Waals surface area contributed by atoms with Crippen LogP contribution in [0.5, 0.6) is 5.75 Å². The van der Waals surface area contributed by atoms with Crippen LogP contribution in [0.4, 0.5) is 0 Å². The Hall–Kier alpha value is -1.97. The third-order valence-electron chi connectivity index (χ3n) is 1.98. The van der Waals surface area contributed by atoms with Gasteiger partial charge in [0.25, 0.3) is 5.56 Å². The molecule has 0 unspecified atom stereocenters. The SMILES string of the molecule is CC.CC.CCOc1ccccc1-c1cc(=O)[nH]o1. The maximum Gasteiger partial charge on any atom is 0.280 e. The van der Waals surface area contributed by atoms with Gasteiger partial charge in [-0.1, -0.05) is 39.8 Å². The Kier molecular flexibility index (Phi) is 8.96. The van der Waals surface area contributed by atoms with Crippen molar-refractivity contribution in [3.05, 3.63) is 40.7 Å². The first kappa shape index (κ1) is 17.0. The summed E-state index contributed by atoms with van der Waals surface area (Å²) in [6, 6.07) is 8.82. The molecule has 0 radical (unpaired) electrons. The summed E-state index contributed by atoms with van der Waals surface area (Å²) >= 11 is 0. The molecule has 0 fully saturated rings. The van der Waals surface area contributed by atoms with Crippen LogP contribution in [0.1, 0.15) is 34.6 Å². The van der Waals surface area contributed by atoms with Crippen molar-refractivity contribution < 1.29 is 9.26 Å². The molecule has 0 aliphatic rings. The monoisotopic (exact) mass is 265 g/mol. The Morgan fingerprint density at radius 3 is 2.32 bits per heavy atom. The number of nitrogens with one attached hydrogen (secondary N) is 1. The fourth-order valence-corrected chi connectivity index (χ4v) is 1.37. The second-order valence-corrected chi connectivity index (χ2v) is 3.01. The molecule has 106 valence electrons. The number of benzene rings is 1. The topological polar surface area (TPSA) is 55.2 Å². The van der Waals surface area contributed by atoms with Crippen molar-refractivity contribution >= 4 is 0 Å². The number of hydrogen-bond acceptors (Lipinski definition) is 3. The molecule has 0 aliphatic heterocycles. The van der Waals surface area contributed by atoms with E-state index in [-0.39, 0.29) is 5.56 Å². The summed E-state index contributed by atoms with van der Waals surface area (Å²) < 4.78 is 10.4. The van der Waals surface area contributed by atoms with Gasteiger partial charge < -0.3 is 9.26 Å². The lowest BCUT2D eigenvalue weighted by atomic mass is 10.1. The van der Waals surface area contributed by atoms with Crippen LogP contribution in [-0.2, 0) is 0 Å². The van der Waals surface area contributed by atoms with Crippen molar-refractivity contribution in [1.29, 1.82) is 0 Å². The smallest absolute Gasteiger partial charge is 0.280 e. The van der Waals surface area contributed by atoms with Gasteiger partial charge in [0.15, 0.2) is 5.76 Å². The second-order valence-electron chi connectivity index (χ2n) is 3.01.